The van der Waals surface area contributed by atoms with Crippen LogP contribution in [0.2, 0.25) is 0 Å². The van der Waals surface area contributed by atoms with Crippen molar-refractivity contribution in [1.82, 2.24) is 20.4 Å². The summed E-state index contributed by atoms with van der Waals surface area (Å²) in [5.41, 5.74) is 5.68. The number of carbonyl (C=O) groups excluding carboxylic acids is 2. The van der Waals surface area contributed by atoms with E-state index in [-0.39, 0.29) is 68.4 Å². The molecule has 4 N–H and O–H groups in total. The van der Waals surface area contributed by atoms with E-state index in [1.807, 2.05) is 12.4 Å². The number of rotatable bonds is 8. The molecule has 0 aromatic carbocycles. The molecule has 0 amide bonds. The zero-order chi connectivity index (χ0) is 40.1. The van der Waals surface area contributed by atoms with E-state index in [1.165, 1.54) is 49.7 Å². The number of likely N-dealkylation sites (tertiary alicyclic amines) is 2. The van der Waals surface area contributed by atoms with Gasteiger partial charge in [-0.3, -0.25) is 19.4 Å². The van der Waals surface area contributed by atoms with Crippen LogP contribution >= 0.6 is 0 Å². The molecule has 3 aliphatic carbocycles. The van der Waals surface area contributed by atoms with Crippen LogP contribution in [0.5, 0.6) is 0 Å². The van der Waals surface area contributed by atoms with Gasteiger partial charge < -0.3 is 20.8 Å². The first kappa shape index (κ1) is 49.1. The first-order valence-corrected chi connectivity index (χ1v) is 21.0. The number of hydrogen-bond donors (Lipinski definition) is 4. The number of allylic oxidation sites excluding steroid dienone is 8. The normalized spacial score (nSPS) is 24.5. The van der Waals surface area contributed by atoms with Crippen molar-refractivity contribution in [3.05, 3.63) is 70.1 Å². The van der Waals surface area contributed by atoms with Crippen LogP contribution < -0.4 is 10.6 Å². The molecule has 9 heteroatoms. The summed E-state index contributed by atoms with van der Waals surface area (Å²) in [7, 11) is 0. The topological polar surface area (TPSA) is 105 Å². The van der Waals surface area contributed by atoms with Crippen molar-refractivity contribution in [2.45, 2.75) is 158 Å². The van der Waals surface area contributed by atoms with Crippen LogP contribution in [0, 0.1) is 10.8 Å². The van der Waals surface area contributed by atoms with E-state index in [0.29, 0.717) is 0 Å². The number of carbonyl (C=O) groups is 2. The molecule has 0 spiro atoms. The van der Waals surface area contributed by atoms with E-state index in [0.717, 1.165) is 87.2 Å². The molecular formula is C46H76N4O4Ti. The summed E-state index contributed by atoms with van der Waals surface area (Å²) in [6.07, 6.45) is 23.9. The van der Waals surface area contributed by atoms with Crippen LogP contribution in [0.3, 0.4) is 0 Å². The third-order valence-corrected chi connectivity index (χ3v) is 10.5. The molecule has 2 saturated heterocycles. The largest absolute Gasteiger partial charge is 0.394 e. The van der Waals surface area contributed by atoms with Crippen molar-refractivity contribution in [3.8, 4) is 0 Å². The number of ketones is 2. The summed E-state index contributed by atoms with van der Waals surface area (Å²) >= 11 is 0. The zero-order valence-corrected chi connectivity index (χ0v) is 37.8. The van der Waals surface area contributed by atoms with Crippen molar-refractivity contribution in [1.29, 1.82) is 0 Å². The Morgan fingerprint density at radius 1 is 0.600 bits per heavy atom. The molecule has 5 rings (SSSR count). The molecule has 2 aliphatic heterocycles. The third kappa shape index (κ3) is 17.1. The summed E-state index contributed by atoms with van der Waals surface area (Å²) < 4.78 is 0. The smallest absolute Gasteiger partial charge is 0.191 e. The summed E-state index contributed by atoms with van der Waals surface area (Å²) in [4.78, 5) is 32.4. The average molecular weight is 797 g/mol. The molecule has 0 unspecified atom stereocenters. The third-order valence-electron chi connectivity index (χ3n) is 10.5. The van der Waals surface area contributed by atoms with Gasteiger partial charge in [-0.25, -0.2) is 0 Å². The number of piperidine rings is 2. The van der Waals surface area contributed by atoms with Gasteiger partial charge in [0.1, 0.15) is 0 Å². The number of aliphatic hydroxyl groups excluding tert-OH is 2. The van der Waals surface area contributed by atoms with E-state index in [2.05, 4.69) is 86.3 Å². The molecule has 1 saturated carbocycles. The average Bonchev–Trinajstić information content (AvgIpc) is 3.09. The van der Waals surface area contributed by atoms with E-state index < -0.39 is 0 Å². The Kier molecular flexibility index (Phi) is 20.9. The summed E-state index contributed by atoms with van der Waals surface area (Å²) in [6.45, 7) is 26.0. The Morgan fingerprint density at radius 3 is 1.20 bits per heavy atom. The van der Waals surface area contributed by atoms with Gasteiger partial charge >= 0.3 is 0 Å². The summed E-state index contributed by atoms with van der Waals surface area (Å²) in [6, 6.07) is 0.365. The first-order valence-electron chi connectivity index (χ1n) is 21.0. The van der Waals surface area contributed by atoms with Crippen LogP contribution in [0.1, 0.15) is 133 Å². The fourth-order valence-corrected chi connectivity index (χ4v) is 7.38. The van der Waals surface area contributed by atoms with Gasteiger partial charge in [0.05, 0.1) is 0 Å². The molecule has 55 heavy (non-hydrogen) atoms. The maximum atomic E-state index is 13.8. The Labute approximate surface area is 350 Å². The van der Waals surface area contributed by atoms with E-state index >= 15 is 0 Å². The van der Waals surface area contributed by atoms with E-state index in [4.69, 9.17) is 10.2 Å². The maximum absolute atomic E-state index is 13.8. The Morgan fingerprint density at radius 2 is 0.909 bits per heavy atom. The van der Waals surface area contributed by atoms with E-state index in [1.54, 1.807) is 27.7 Å². The van der Waals surface area contributed by atoms with Crippen molar-refractivity contribution in [2.75, 3.05) is 39.3 Å². The molecule has 0 aromatic rings. The number of hydrogen-bond acceptors (Lipinski definition) is 8. The molecule has 0 bridgehead atoms. The second-order valence-electron chi connectivity index (χ2n) is 18.6. The van der Waals surface area contributed by atoms with Gasteiger partial charge in [-0.1, -0.05) is 79.4 Å². The zero-order valence-electron chi connectivity index (χ0n) is 36.2. The minimum Gasteiger partial charge on any atom is -0.394 e. The van der Waals surface area contributed by atoms with Crippen molar-refractivity contribution in [3.63, 3.8) is 0 Å². The van der Waals surface area contributed by atoms with Crippen LogP contribution in [-0.4, -0.2) is 95.1 Å². The Bertz CT molecular complexity index is 1310. The first-order chi connectivity index (χ1) is 25.3. The fraction of sp³-hybridized carbons (Fsp3) is 0.696. The molecule has 8 nitrogen and oxygen atoms in total. The van der Waals surface area contributed by atoms with Gasteiger partial charge in [-0.05, 0) is 127 Å². The summed E-state index contributed by atoms with van der Waals surface area (Å²) in [5.74, 6) is 0.295. The molecule has 0 radical (unpaired) electrons. The minimum absolute atomic E-state index is 0. The van der Waals surface area contributed by atoms with Gasteiger partial charge in [0.15, 0.2) is 11.6 Å². The van der Waals surface area contributed by atoms with Crippen molar-refractivity contribution >= 4 is 11.6 Å². The Hall–Kier alpha value is -2.07. The van der Waals surface area contributed by atoms with E-state index in [9.17, 15) is 9.59 Å². The molecule has 2 heterocycles. The van der Waals surface area contributed by atoms with Crippen LogP contribution in [0.4, 0.5) is 0 Å². The maximum Gasteiger partial charge on any atom is 0.191 e. The standard InChI is InChI=1S/C40H60N4O2.2C3H8O.Ti/c1-39(2,3)33-21-29(37(45)31(23-33)27-43-17-11-7-12-18-43)25-41-35-15-9-10-16-36(35)42-26-30-22-34(40(4,5)6)24-32(38(30)46)28-44-19-13-8-14-20-44;2*1-3(2)4;/h21-26,35-36,41-42H,7-20,27-28H2,1-6H3;2*3-4H,1-2H3;/b29-25-,30-26-;;;/t35-,36-;;;/m1.../s1. The number of aliphatic hydroxyl groups is 2. The van der Waals surface area contributed by atoms with Crippen LogP contribution in [0.25, 0.3) is 0 Å². The molecular weight excluding hydrogens is 720 g/mol. The second-order valence-corrected chi connectivity index (χ2v) is 18.6. The van der Waals surface area contributed by atoms with Gasteiger partial charge in [0.25, 0.3) is 0 Å². The van der Waals surface area contributed by atoms with Crippen molar-refractivity contribution < 1.29 is 41.5 Å². The second kappa shape index (κ2) is 23.4. The number of nitrogens with one attached hydrogen (secondary N) is 2. The van der Waals surface area contributed by atoms with Gasteiger partial charge in [0.2, 0.25) is 0 Å². The van der Waals surface area contributed by atoms with Gasteiger partial charge in [-0.2, -0.15) is 0 Å². The molecule has 3 fully saturated rings. The monoisotopic (exact) mass is 797 g/mol. The molecule has 0 aromatic heterocycles. The quantitative estimate of drug-likeness (QED) is 0.145. The van der Waals surface area contributed by atoms with Crippen LogP contribution in [-0.2, 0) is 31.3 Å². The SMILES string of the molecule is CC(C)(C)C1=C/C(=C/N[C@@H]2CCCC[C@H]2N/C=C2/C=C(C(C)(C)C)C=C(CN3CCCCC3)C2=O)C(=O)C(CN2CCCCC2)=C1.CC(C)O.CC(C)O.[Ti]. The predicted octanol–water partition coefficient (Wildman–Crippen LogP) is 7.95. The number of nitrogens with zero attached hydrogens (tertiary/aromatic N) is 2. The predicted molar refractivity (Wildman–Crippen MR) is 225 cm³/mol. The van der Waals surface area contributed by atoms with Crippen molar-refractivity contribution in [2.24, 2.45) is 10.8 Å². The summed E-state index contributed by atoms with van der Waals surface area (Å²) in [5, 5.41) is 23.5. The van der Waals surface area contributed by atoms with Crippen LogP contribution in [0.15, 0.2) is 70.1 Å². The molecule has 2 atom stereocenters. The van der Waals surface area contributed by atoms with Gasteiger partial charge in [0, 0.05) is 93.8 Å². The number of Topliss-reactive ketones (excluding diaryl/α,β-unsaturated/α-hetero) is 2. The minimum atomic E-state index is -0.167. The Balaban J connectivity index is 0.00000106. The van der Waals surface area contributed by atoms with Gasteiger partial charge in [-0.15, -0.1) is 0 Å². The fourth-order valence-electron chi connectivity index (χ4n) is 7.38. The molecule has 308 valence electrons. The molecule has 5 aliphatic rings.